The normalized spacial score (nSPS) is 14.8. The Morgan fingerprint density at radius 2 is 2.00 bits per heavy atom. The van der Waals surface area contributed by atoms with E-state index in [0.29, 0.717) is 10.9 Å². The van der Waals surface area contributed by atoms with E-state index in [2.05, 4.69) is 9.71 Å². The average molecular weight is 341 g/mol. The van der Waals surface area contributed by atoms with E-state index in [1.165, 1.54) is 0 Å². The van der Waals surface area contributed by atoms with Crippen molar-refractivity contribution in [1.82, 2.24) is 9.71 Å². The van der Waals surface area contributed by atoms with Crippen molar-refractivity contribution < 1.29 is 8.95 Å². The first-order chi connectivity index (χ1) is 10.2. The molecule has 0 unspecified atom stereocenters. The van der Waals surface area contributed by atoms with E-state index in [1.54, 1.807) is 13.2 Å². The SMILES string of the molecule is COc1nc2ccc(Cl)cc2cc1[C@H](C)N[S@@](=O)C(C)(C)C. The highest BCUT2D eigenvalue weighted by Gasteiger charge is 2.23. The molecule has 1 heterocycles. The minimum Gasteiger partial charge on any atom is -0.481 e. The summed E-state index contributed by atoms with van der Waals surface area (Å²) in [5.74, 6) is 0.528. The second-order valence-electron chi connectivity index (χ2n) is 6.14. The van der Waals surface area contributed by atoms with Gasteiger partial charge in [0, 0.05) is 22.0 Å². The van der Waals surface area contributed by atoms with Crippen LogP contribution in [0.2, 0.25) is 5.02 Å². The highest BCUT2D eigenvalue weighted by atomic mass is 35.5. The number of hydrogen-bond donors (Lipinski definition) is 1. The number of nitrogens with zero attached hydrogens (tertiary/aromatic N) is 1. The molecule has 6 heteroatoms. The predicted octanol–water partition coefficient (Wildman–Crippen LogP) is 4.01. The standard InChI is InChI=1S/C16H21ClN2O2S/c1-10(19-22(20)16(2,3)4)13-9-11-8-12(17)6-7-14(11)18-15(13)21-5/h6-10,19H,1-5H3/t10-,22-/m0/s1. The Hall–Kier alpha value is -1.17. The lowest BCUT2D eigenvalue weighted by molar-refractivity contribution is 0.390. The van der Waals surface area contributed by atoms with Crippen LogP contribution in [0.15, 0.2) is 24.3 Å². The van der Waals surface area contributed by atoms with Crippen LogP contribution >= 0.6 is 11.6 Å². The third kappa shape index (κ3) is 3.77. The van der Waals surface area contributed by atoms with Gasteiger partial charge in [-0.05, 0) is 52.0 Å². The van der Waals surface area contributed by atoms with Crippen molar-refractivity contribution in [2.45, 2.75) is 38.5 Å². The van der Waals surface area contributed by atoms with Crippen LogP contribution in [-0.4, -0.2) is 21.0 Å². The first-order valence-corrected chi connectivity index (χ1v) is 8.57. The Morgan fingerprint density at radius 3 is 2.59 bits per heavy atom. The molecule has 0 radical (unpaired) electrons. The number of methoxy groups -OCH3 is 1. The van der Waals surface area contributed by atoms with E-state index >= 15 is 0 Å². The highest BCUT2D eigenvalue weighted by Crippen LogP contribution is 2.29. The molecule has 0 aliphatic heterocycles. The molecule has 2 atom stereocenters. The number of ether oxygens (including phenoxy) is 1. The van der Waals surface area contributed by atoms with Gasteiger partial charge in [-0.3, -0.25) is 0 Å². The van der Waals surface area contributed by atoms with Gasteiger partial charge in [-0.25, -0.2) is 13.9 Å². The van der Waals surface area contributed by atoms with E-state index in [-0.39, 0.29) is 10.8 Å². The summed E-state index contributed by atoms with van der Waals surface area (Å²) in [6, 6.07) is 7.33. The molecule has 0 saturated carbocycles. The number of hydrogen-bond acceptors (Lipinski definition) is 3. The van der Waals surface area contributed by atoms with Crippen LogP contribution < -0.4 is 9.46 Å². The van der Waals surface area contributed by atoms with Crippen LogP contribution in [0, 0.1) is 0 Å². The van der Waals surface area contributed by atoms with Crippen LogP contribution in [0.25, 0.3) is 10.9 Å². The largest absolute Gasteiger partial charge is 0.481 e. The number of benzene rings is 1. The van der Waals surface area contributed by atoms with Gasteiger partial charge >= 0.3 is 0 Å². The molecule has 0 saturated heterocycles. The first-order valence-electron chi connectivity index (χ1n) is 7.04. The Kier molecular flexibility index (Phi) is 5.10. The van der Waals surface area contributed by atoms with Gasteiger partial charge in [0.1, 0.15) is 0 Å². The number of halogens is 1. The van der Waals surface area contributed by atoms with Crippen molar-refractivity contribution >= 4 is 33.5 Å². The summed E-state index contributed by atoms with van der Waals surface area (Å²) in [5, 5.41) is 1.59. The fourth-order valence-corrected chi connectivity index (χ4v) is 3.00. The van der Waals surface area contributed by atoms with Crippen molar-refractivity contribution in [1.29, 1.82) is 0 Å². The average Bonchev–Trinajstić information content (AvgIpc) is 2.44. The zero-order valence-corrected chi connectivity index (χ0v) is 15.0. The van der Waals surface area contributed by atoms with Crippen LogP contribution in [-0.2, 0) is 11.0 Å². The van der Waals surface area contributed by atoms with Gasteiger partial charge in [-0.15, -0.1) is 0 Å². The number of aromatic nitrogens is 1. The molecule has 120 valence electrons. The molecule has 0 bridgehead atoms. The first kappa shape index (κ1) is 17.2. The Bertz CT molecular complexity index is 713. The molecule has 2 rings (SSSR count). The number of nitrogens with one attached hydrogen (secondary N) is 1. The van der Waals surface area contributed by atoms with E-state index in [0.717, 1.165) is 16.5 Å². The van der Waals surface area contributed by atoms with E-state index < -0.39 is 11.0 Å². The third-order valence-corrected chi connectivity index (χ3v) is 5.18. The molecule has 0 spiro atoms. The second kappa shape index (κ2) is 6.52. The fraction of sp³-hybridized carbons (Fsp3) is 0.438. The monoisotopic (exact) mass is 340 g/mol. The van der Waals surface area contributed by atoms with Gasteiger partial charge in [-0.2, -0.15) is 0 Å². The fourth-order valence-electron chi connectivity index (χ4n) is 2.02. The summed E-state index contributed by atoms with van der Waals surface area (Å²) in [7, 11) is 0.409. The summed E-state index contributed by atoms with van der Waals surface area (Å²) in [4.78, 5) is 4.51. The van der Waals surface area contributed by atoms with Crippen LogP contribution in [0.4, 0.5) is 0 Å². The zero-order chi connectivity index (χ0) is 16.5. The van der Waals surface area contributed by atoms with Gasteiger partial charge in [0.15, 0.2) is 0 Å². The van der Waals surface area contributed by atoms with Gasteiger partial charge in [-0.1, -0.05) is 11.6 Å². The number of pyridine rings is 1. The van der Waals surface area contributed by atoms with Crippen molar-refractivity contribution in [3.05, 3.63) is 34.9 Å². The van der Waals surface area contributed by atoms with E-state index in [4.69, 9.17) is 16.3 Å². The molecule has 0 aliphatic rings. The highest BCUT2D eigenvalue weighted by molar-refractivity contribution is 7.84. The van der Waals surface area contributed by atoms with Gasteiger partial charge in [0.05, 0.1) is 28.4 Å². The molecule has 0 fully saturated rings. The summed E-state index contributed by atoms with van der Waals surface area (Å²) in [6.07, 6.45) is 0. The summed E-state index contributed by atoms with van der Waals surface area (Å²) in [6.45, 7) is 7.73. The number of fused-ring (bicyclic) bond motifs is 1. The van der Waals surface area contributed by atoms with Crippen LogP contribution in [0.3, 0.4) is 0 Å². The maximum Gasteiger partial charge on any atom is 0.218 e. The topological polar surface area (TPSA) is 51.2 Å². The third-order valence-electron chi connectivity index (χ3n) is 3.27. The Labute approximate surface area is 138 Å². The van der Waals surface area contributed by atoms with Crippen LogP contribution in [0.1, 0.15) is 39.3 Å². The Balaban J connectivity index is 2.42. The second-order valence-corrected chi connectivity index (χ2v) is 8.58. The Morgan fingerprint density at radius 1 is 1.32 bits per heavy atom. The summed E-state index contributed by atoms with van der Waals surface area (Å²) < 4.78 is 20.4. The predicted molar refractivity (Wildman–Crippen MR) is 92.8 cm³/mol. The lowest BCUT2D eigenvalue weighted by atomic mass is 10.1. The summed E-state index contributed by atoms with van der Waals surface area (Å²) in [5.41, 5.74) is 1.67. The maximum atomic E-state index is 12.3. The van der Waals surface area contributed by atoms with Crippen molar-refractivity contribution in [3.8, 4) is 5.88 Å². The quantitative estimate of drug-likeness (QED) is 0.914. The van der Waals surface area contributed by atoms with E-state index in [1.807, 2.05) is 45.9 Å². The molecule has 22 heavy (non-hydrogen) atoms. The molecule has 0 amide bonds. The smallest absolute Gasteiger partial charge is 0.218 e. The number of rotatable bonds is 4. The molecule has 0 aliphatic carbocycles. The minimum atomic E-state index is -1.18. The van der Waals surface area contributed by atoms with E-state index in [9.17, 15) is 4.21 Å². The van der Waals surface area contributed by atoms with Gasteiger partial charge in [0.2, 0.25) is 5.88 Å². The minimum absolute atomic E-state index is 0.161. The molecule has 1 aromatic carbocycles. The van der Waals surface area contributed by atoms with Crippen molar-refractivity contribution in [3.63, 3.8) is 0 Å². The molecule has 4 nitrogen and oxygen atoms in total. The molecular weight excluding hydrogens is 320 g/mol. The van der Waals surface area contributed by atoms with Crippen LogP contribution in [0.5, 0.6) is 5.88 Å². The lowest BCUT2D eigenvalue weighted by Gasteiger charge is -2.23. The van der Waals surface area contributed by atoms with Crippen molar-refractivity contribution in [2.24, 2.45) is 0 Å². The molecule has 1 N–H and O–H groups in total. The molecule has 1 aromatic heterocycles. The molecular formula is C16H21ClN2O2S. The summed E-state index contributed by atoms with van der Waals surface area (Å²) >= 11 is 6.05. The van der Waals surface area contributed by atoms with Gasteiger partial charge < -0.3 is 4.74 Å². The van der Waals surface area contributed by atoms with Crippen molar-refractivity contribution in [2.75, 3.05) is 7.11 Å². The molecule has 2 aromatic rings. The maximum absolute atomic E-state index is 12.3. The zero-order valence-electron chi connectivity index (χ0n) is 13.4. The lowest BCUT2D eigenvalue weighted by Crippen LogP contribution is -2.35. The van der Waals surface area contributed by atoms with Gasteiger partial charge in [0.25, 0.3) is 0 Å².